The zero-order valence-electron chi connectivity index (χ0n) is 11.9. The Morgan fingerprint density at radius 3 is 2.90 bits per heavy atom. The van der Waals surface area contributed by atoms with E-state index < -0.39 is 0 Å². The topological polar surface area (TPSA) is 59.4 Å². The summed E-state index contributed by atoms with van der Waals surface area (Å²) in [7, 11) is 0. The number of aromatic nitrogens is 2. The van der Waals surface area contributed by atoms with Crippen LogP contribution in [0.4, 0.5) is 0 Å². The molecular formula is C13H21BrN4O2. The molecule has 1 aliphatic rings. The average molecular weight is 345 g/mol. The first-order chi connectivity index (χ1) is 9.61. The van der Waals surface area contributed by atoms with Gasteiger partial charge in [0.25, 0.3) is 5.91 Å². The van der Waals surface area contributed by atoms with E-state index in [-0.39, 0.29) is 11.9 Å². The van der Waals surface area contributed by atoms with Crippen molar-refractivity contribution in [2.75, 3.05) is 32.8 Å². The van der Waals surface area contributed by atoms with Gasteiger partial charge in [-0.1, -0.05) is 0 Å². The lowest BCUT2D eigenvalue weighted by atomic mass is 10.2. The molecule has 1 amide bonds. The maximum Gasteiger partial charge on any atom is 0.270 e. The van der Waals surface area contributed by atoms with E-state index in [2.05, 4.69) is 31.2 Å². The van der Waals surface area contributed by atoms with Crippen LogP contribution in [0.15, 0.2) is 10.7 Å². The number of nitrogens with one attached hydrogen (secondary N) is 1. The Kier molecular flexibility index (Phi) is 5.56. The van der Waals surface area contributed by atoms with E-state index in [9.17, 15) is 4.79 Å². The number of ether oxygens (including phenoxy) is 1. The molecule has 1 aromatic heterocycles. The van der Waals surface area contributed by atoms with Crippen molar-refractivity contribution < 1.29 is 9.53 Å². The summed E-state index contributed by atoms with van der Waals surface area (Å²) in [5, 5.41) is 7.19. The predicted octanol–water partition coefficient (Wildman–Crippen LogP) is 1.12. The highest BCUT2D eigenvalue weighted by molar-refractivity contribution is 9.10. The van der Waals surface area contributed by atoms with Crippen LogP contribution in [0.1, 0.15) is 24.3 Å². The second-order valence-corrected chi connectivity index (χ2v) is 5.80. The van der Waals surface area contributed by atoms with Crippen molar-refractivity contribution in [1.82, 2.24) is 20.0 Å². The number of amides is 1. The van der Waals surface area contributed by atoms with E-state index in [1.54, 1.807) is 10.9 Å². The van der Waals surface area contributed by atoms with Gasteiger partial charge in [0.05, 0.1) is 23.9 Å². The standard InChI is InChI=1S/C13H21BrN4O2/c1-3-18-12(11(14)8-15-18)13(19)16-10(2)9-17-4-6-20-7-5-17/h8,10H,3-7,9H2,1-2H3,(H,16,19)/t10-/m0/s1. The third-order valence-electron chi connectivity index (χ3n) is 3.32. The van der Waals surface area contributed by atoms with Crippen molar-refractivity contribution in [1.29, 1.82) is 0 Å². The molecule has 1 N–H and O–H groups in total. The Morgan fingerprint density at radius 2 is 2.25 bits per heavy atom. The molecule has 1 saturated heterocycles. The molecule has 6 nitrogen and oxygen atoms in total. The van der Waals surface area contributed by atoms with Crippen LogP contribution in [0.5, 0.6) is 0 Å². The fraction of sp³-hybridized carbons (Fsp3) is 0.692. The Balaban J connectivity index is 1.91. The van der Waals surface area contributed by atoms with E-state index in [0.29, 0.717) is 12.2 Å². The summed E-state index contributed by atoms with van der Waals surface area (Å²) >= 11 is 3.38. The fourth-order valence-corrected chi connectivity index (χ4v) is 2.81. The number of hydrogen-bond donors (Lipinski definition) is 1. The first kappa shape index (κ1) is 15.5. The molecule has 0 saturated carbocycles. The minimum atomic E-state index is -0.0861. The quantitative estimate of drug-likeness (QED) is 0.869. The molecular weight excluding hydrogens is 324 g/mol. The minimum Gasteiger partial charge on any atom is -0.379 e. The second-order valence-electron chi connectivity index (χ2n) is 4.94. The van der Waals surface area contributed by atoms with Crippen LogP contribution in [-0.4, -0.2) is 59.5 Å². The zero-order valence-corrected chi connectivity index (χ0v) is 13.5. The lowest BCUT2D eigenvalue weighted by Gasteiger charge is -2.29. The second kappa shape index (κ2) is 7.19. The van der Waals surface area contributed by atoms with Crippen LogP contribution < -0.4 is 5.32 Å². The molecule has 0 unspecified atom stereocenters. The van der Waals surface area contributed by atoms with Gasteiger partial charge >= 0.3 is 0 Å². The summed E-state index contributed by atoms with van der Waals surface area (Å²) < 4.78 is 7.75. The average Bonchev–Trinajstić information content (AvgIpc) is 2.80. The van der Waals surface area contributed by atoms with Crippen molar-refractivity contribution >= 4 is 21.8 Å². The van der Waals surface area contributed by atoms with Gasteiger partial charge in [-0.2, -0.15) is 5.10 Å². The molecule has 0 aromatic carbocycles. The number of hydrogen-bond acceptors (Lipinski definition) is 4. The highest BCUT2D eigenvalue weighted by atomic mass is 79.9. The minimum absolute atomic E-state index is 0.0861. The first-order valence-corrected chi connectivity index (χ1v) is 7.73. The number of carbonyl (C=O) groups is 1. The van der Waals surface area contributed by atoms with Gasteiger partial charge < -0.3 is 10.1 Å². The molecule has 2 rings (SSSR count). The van der Waals surface area contributed by atoms with Gasteiger partial charge in [0.1, 0.15) is 5.69 Å². The molecule has 1 atom stereocenters. The van der Waals surface area contributed by atoms with Crippen LogP contribution >= 0.6 is 15.9 Å². The monoisotopic (exact) mass is 344 g/mol. The maximum atomic E-state index is 12.3. The number of halogens is 1. The van der Waals surface area contributed by atoms with Crippen molar-refractivity contribution in [2.24, 2.45) is 0 Å². The molecule has 7 heteroatoms. The summed E-state index contributed by atoms with van der Waals surface area (Å²) in [6, 6.07) is 0.0905. The van der Waals surface area contributed by atoms with E-state index in [0.717, 1.165) is 37.3 Å². The molecule has 0 aliphatic carbocycles. The summed E-state index contributed by atoms with van der Waals surface area (Å²) in [6.45, 7) is 8.90. The largest absolute Gasteiger partial charge is 0.379 e. The smallest absolute Gasteiger partial charge is 0.270 e. The van der Waals surface area contributed by atoms with E-state index in [4.69, 9.17) is 4.74 Å². The van der Waals surface area contributed by atoms with Crippen molar-refractivity contribution in [3.63, 3.8) is 0 Å². The molecule has 1 aliphatic heterocycles. The van der Waals surface area contributed by atoms with Gasteiger partial charge in [0.15, 0.2) is 0 Å². The van der Waals surface area contributed by atoms with Gasteiger partial charge in [0.2, 0.25) is 0 Å². The summed E-state index contributed by atoms with van der Waals surface area (Å²) in [5.74, 6) is -0.0861. The highest BCUT2D eigenvalue weighted by Crippen LogP contribution is 2.16. The highest BCUT2D eigenvalue weighted by Gasteiger charge is 2.20. The van der Waals surface area contributed by atoms with Crippen LogP contribution in [0.3, 0.4) is 0 Å². The molecule has 112 valence electrons. The van der Waals surface area contributed by atoms with E-state index in [1.807, 2.05) is 13.8 Å². The van der Waals surface area contributed by atoms with E-state index >= 15 is 0 Å². The molecule has 20 heavy (non-hydrogen) atoms. The number of rotatable bonds is 5. The van der Waals surface area contributed by atoms with Gasteiger partial charge in [-0.05, 0) is 29.8 Å². The van der Waals surface area contributed by atoms with E-state index in [1.165, 1.54) is 0 Å². The number of morpholine rings is 1. The first-order valence-electron chi connectivity index (χ1n) is 6.94. The van der Waals surface area contributed by atoms with Gasteiger partial charge in [-0.25, -0.2) is 0 Å². The van der Waals surface area contributed by atoms with Crippen molar-refractivity contribution in [2.45, 2.75) is 26.4 Å². The Hall–Kier alpha value is -0.920. The summed E-state index contributed by atoms with van der Waals surface area (Å²) in [5.41, 5.74) is 0.585. The molecule has 2 heterocycles. The summed E-state index contributed by atoms with van der Waals surface area (Å²) in [6.07, 6.45) is 1.66. The lowest BCUT2D eigenvalue weighted by Crippen LogP contribution is -2.46. The van der Waals surface area contributed by atoms with Crippen molar-refractivity contribution in [3.8, 4) is 0 Å². The zero-order chi connectivity index (χ0) is 14.5. The van der Waals surface area contributed by atoms with Crippen LogP contribution in [-0.2, 0) is 11.3 Å². The van der Waals surface area contributed by atoms with Crippen molar-refractivity contribution in [3.05, 3.63) is 16.4 Å². The van der Waals surface area contributed by atoms with Gasteiger partial charge in [0, 0.05) is 32.2 Å². The normalized spacial score (nSPS) is 17.9. The number of nitrogens with zero attached hydrogens (tertiary/aromatic N) is 3. The Labute approximate surface area is 127 Å². The number of aryl methyl sites for hydroxylation is 1. The Morgan fingerprint density at radius 1 is 1.55 bits per heavy atom. The van der Waals surface area contributed by atoms with Crippen LogP contribution in [0.25, 0.3) is 0 Å². The maximum absolute atomic E-state index is 12.3. The predicted molar refractivity (Wildman–Crippen MR) is 79.8 cm³/mol. The summed E-state index contributed by atoms with van der Waals surface area (Å²) in [4.78, 5) is 14.6. The Bertz CT molecular complexity index is 457. The molecule has 1 fully saturated rings. The van der Waals surface area contributed by atoms with Crippen LogP contribution in [0.2, 0.25) is 0 Å². The molecule has 0 spiro atoms. The molecule has 1 aromatic rings. The molecule has 0 bridgehead atoms. The number of carbonyl (C=O) groups excluding carboxylic acids is 1. The van der Waals surface area contributed by atoms with Crippen LogP contribution in [0, 0.1) is 0 Å². The van der Waals surface area contributed by atoms with Gasteiger partial charge in [-0.3, -0.25) is 14.4 Å². The SMILES string of the molecule is CCn1ncc(Br)c1C(=O)N[C@@H](C)CN1CCOCC1. The van der Waals surface area contributed by atoms with Gasteiger partial charge in [-0.15, -0.1) is 0 Å². The third-order valence-corrected chi connectivity index (χ3v) is 3.90. The fourth-order valence-electron chi connectivity index (χ4n) is 2.34. The molecule has 0 radical (unpaired) electrons. The third kappa shape index (κ3) is 3.80. The lowest BCUT2D eigenvalue weighted by molar-refractivity contribution is 0.0342.